The van der Waals surface area contributed by atoms with Gasteiger partial charge in [-0.05, 0) is 18.2 Å². The van der Waals surface area contributed by atoms with Gasteiger partial charge in [0, 0.05) is 19.2 Å². The van der Waals surface area contributed by atoms with E-state index < -0.39 is 12.3 Å². The van der Waals surface area contributed by atoms with Crippen molar-refractivity contribution < 1.29 is 22.7 Å². The summed E-state index contributed by atoms with van der Waals surface area (Å²) in [6.07, 6.45) is -4.82. The fourth-order valence-corrected chi connectivity index (χ4v) is 2.78. The third kappa shape index (κ3) is 4.13. The molecular weight excluding hydrogens is 363 g/mol. The van der Waals surface area contributed by atoms with Crippen molar-refractivity contribution >= 4 is 16.9 Å². The van der Waals surface area contributed by atoms with Crippen LogP contribution in [0.5, 0.6) is 5.75 Å². The number of hydrogen-bond acceptors (Lipinski definition) is 3. The number of carbonyl (C=O) groups is 1. The van der Waals surface area contributed by atoms with Crippen molar-refractivity contribution in [3.05, 3.63) is 64.6 Å². The lowest BCUT2D eigenvalue weighted by molar-refractivity contribution is -0.274. The van der Waals surface area contributed by atoms with E-state index in [0.29, 0.717) is 11.0 Å². The number of rotatable bonds is 5. The van der Waals surface area contributed by atoms with Crippen molar-refractivity contribution in [1.82, 2.24) is 14.5 Å². The molecule has 1 heterocycles. The highest BCUT2D eigenvalue weighted by atomic mass is 19.4. The van der Waals surface area contributed by atoms with Gasteiger partial charge in [-0.3, -0.25) is 13.9 Å². The van der Waals surface area contributed by atoms with E-state index >= 15 is 0 Å². The topological polar surface area (TPSA) is 65.3 Å². The number of benzene rings is 2. The number of nitrogens with one attached hydrogen (secondary N) is 1. The molecule has 2 aromatic carbocycles. The number of nitrogens with zero attached hydrogens (tertiary/aromatic N) is 2. The van der Waals surface area contributed by atoms with Crippen molar-refractivity contribution in [2.24, 2.45) is 7.05 Å². The highest BCUT2D eigenvalue weighted by Crippen LogP contribution is 2.26. The number of carbonyl (C=O) groups excluding carboxylic acids is 1. The van der Waals surface area contributed by atoms with E-state index in [4.69, 9.17) is 0 Å². The zero-order valence-corrected chi connectivity index (χ0v) is 14.3. The number of halogens is 3. The number of amides is 1. The molecule has 0 radical (unpaired) electrons. The lowest BCUT2D eigenvalue weighted by Crippen LogP contribution is -2.32. The summed E-state index contributed by atoms with van der Waals surface area (Å²) in [5.41, 5.74) is 1.10. The molecule has 1 N–H and O–H groups in total. The highest BCUT2D eigenvalue weighted by Gasteiger charge is 2.32. The van der Waals surface area contributed by atoms with Crippen LogP contribution < -0.4 is 15.7 Å². The van der Waals surface area contributed by atoms with E-state index in [1.165, 1.54) is 27.3 Å². The fraction of sp³-hybridized carbons (Fsp3) is 0.222. The minimum atomic E-state index is -4.82. The Hall–Kier alpha value is -3.23. The second-order valence-electron chi connectivity index (χ2n) is 5.85. The van der Waals surface area contributed by atoms with Gasteiger partial charge in [-0.25, -0.2) is 4.79 Å². The summed E-state index contributed by atoms with van der Waals surface area (Å²) in [7, 11) is 1.60. The first-order valence-corrected chi connectivity index (χ1v) is 8.01. The van der Waals surface area contributed by atoms with Crippen LogP contribution >= 0.6 is 0 Å². The van der Waals surface area contributed by atoms with Gasteiger partial charge >= 0.3 is 12.1 Å². The van der Waals surface area contributed by atoms with Crippen molar-refractivity contribution in [3.63, 3.8) is 0 Å². The molecule has 1 aromatic heterocycles. The summed E-state index contributed by atoms with van der Waals surface area (Å²) in [5, 5.41) is 2.52. The molecule has 0 bridgehead atoms. The average molecular weight is 379 g/mol. The Morgan fingerprint density at radius 1 is 1.07 bits per heavy atom. The zero-order chi connectivity index (χ0) is 19.6. The van der Waals surface area contributed by atoms with Crippen LogP contribution in [0.1, 0.15) is 5.56 Å². The molecule has 3 aromatic rings. The second-order valence-corrected chi connectivity index (χ2v) is 5.85. The van der Waals surface area contributed by atoms with Gasteiger partial charge in [0.1, 0.15) is 12.3 Å². The molecule has 0 spiro atoms. The zero-order valence-electron chi connectivity index (χ0n) is 14.3. The van der Waals surface area contributed by atoms with Crippen LogP contribution in [0.3, 0.4) is 0 Å². The number of aromatic nitrogens is 2. The Morgan fingerprint density at radius 3 is 2.41 bits per heavy atom. The first-order chi connectivity index (χ1) is 12.8. The quantitative estimate of drug-likeness (QED) is 0.741. The molecule has 6 nitrogen and oxygen atoms in total. The minimum Gasteiger partial charge on any atom is -0.405 e. The Bertz CT molecular complexity index is 1040. The van der Waals surface area contributed by atoms with Gasteiger partial charge in [0.2, 0.25) is 5.91 Å². The van der Waals surface area contributed by atoms with Gasteiger partial charge < -0.3 is 10.1 Å². The van der Waals surface area contributed by atoms with Crippen LogP contribution in [0.15, 0.2) is 53.3 Å². The van der Waals surface area contributed by atoms with E-state index in [1.54, 1.807) is 37.4 Å². The average Bonchev–Trinajstić information content (AvgIpc) is 2.85. The van der Waals surface area contributed by atoms with E-state index in [1.807, 2.05) is 0 Å². The predicted octanol–water partition coefficient (Wildman–Crippen LogP) is 2.56. The number of alkyl halides is 3. The lowest BCUT2D eigenvalue weighted by Gasteiger charge is -2.13. The number of ether oxygens (including phenoxy) is 1. The van der Waals surface area contributed by atoms with Crippen molar-refractivity contribution in [2.75, 3.05) is 0 Å². The number of fused-ring (bicyclic) bond motifs is 1. The summed E-state index contributed by atoms with van der Waals surface area (Å²) in [6, 6.07) is 12.6. The minimum absolute atomic E-state index is 0.162. The molecule has 9 heteroatoms. The van der Waals surface area contributed by atoms with Gasteiger partial charge in [0.15, 0.2) is 0 Å². The molecule has 0 saturated carbocycles. The van der Waals surface area contributed by atoms with Gasteiger partial charge in [-0.2, -0.15) is 0 Å². The Labute approximate surface area is 151 Å². The van der Waals surface area contributed by atoms with Gasteiger partial charge in [-0.15, -0.1) is 13.2 Å². The summed E-state index contributed by atoms with van der Waals surface area (Å²) in [5.74, 6) is -0.886. The normalized spacial score (nSPS) is 11.6. The van der Waals surface area contributed by atoms with Gasteiger partial charge in [-0.1, -0.05) is 30.3 Å². The number of imidazole rings is 1. The van der Waals surface area contributed by atoms with Crippen LogP contribution in [-0.2, 0) is 24.9 Å². The smallest absolute Gasteiger partial charge is 0.405 e. The summed E-state index contributed by atoms with van der Waals surface area (Å²) >= 11 is 0. The van der Waals surface area contributed by atoms with Crippen molar-refractivity contribution in [2.45, 2.75) is 19.5 Å². The first-order valence-electron chi connectivity index (χ1n) is 8.01. The Kier molecular flexibility index (Phi) is 4.93. The van der Waals surface area contributed by atoms with Crippen LogP contribution in [0.25, 0.3) is 11.0 Å². The van der Waals surface area contributed by atoms with Gasteiger partial charge in [0.05, 0.1) is 11.0 Å². The van der Waals surface area contributed by atoms with Gasteiger partial charge in [0.25, 0.3) is 0 Å². The van der Waals surface area contributed by atoms with Crippen LogP contribution in [0.2, 0.25) is 0 Å². The number of hydrogen-bond donors (Lipinski definition) is 1. The van der Waals surface area contributed by atoms with Crippen LogP contribution in [-0.4, -0.2) is 21.4 Å². The van der Waals surface area contributed by atoms with E-state index in [2.05, 4.69) is 10.1 Å². The van der Waals surface area contributed by atoms with Crippen molar-refractivity contribution in [3.8, 4) is 5.75 Å². The first kappa shape index (κ1) is 18.6. The van der Waals surface area contributed by atoms with Crippen molar-refractivity contribution in [1.29, 1.82) is 0 Å². The molecule has 142 valence electrons. The van der Waals surface area contributed by atoms with E-state index in [0.717, 1.165) is 0 Å². The molecule has 0 aliphatic heterocycles. The predicted molar refractivity (Wildman–Crippen MR) is 92.2 cm³/mol. The van der Waals surface area contributed by atoms with Crippen LogP contribution in [0.4, 0.5) is 13.2 Å². The summed E-state index contributed by atoms with van der Waals surface area (Å²) in [4.78, 5) is 24.6. The van der Waals surface area contributed by atoms with E-state index in [9.17, 15) is 22.8 Å². The largest absolute Gasteiger partial charge is 0.573 e. The maximum atomic E-state index is 12.5. The maximum Gasteiger partial charge on any atom is 0.573 e. The summed E-state index contributed by atoms with van der Waals surface area (Å²) in [6.45, 7) is -0.410. The third-order valence-electron chi connectivity index (χ3n) is 4.03. The molecule has 0 aliphatic carbocycles. The van der Waals surface area contributed by atoms with Crippen LogP contribution in [0, 0.1) is 0 Å². The summed E-state index contributed by atoms with van der Waals surface area (Å²) < 4.78 is 44.0. The molecule has 0 fully saturated rings. The molecule has 0 aliphatic rings. The maximum absolute atomic E-state index is 12.5. The second kappa shape index (κ2) is 7.18. The Morgan fingerprint density at radius 2 is 1.70 bits per heavy atom. The number of para-hydroxylation sites is 3. The van der Waals surface area contributed by atoms with E-state index in [-0.39, 0.29) is 30.1 Å². The highest BCUT2D eigenvalue weighted by molar-refractivity contribution is 5.80. The standard InChI is InChI=1S/C18H16F3N3O3/c1-23-13-7-3-4-8-14(13)24(17(23)26)11-16(25)22-10-12-6-2-5-9-15(12)27-18(19,20)21/h2-9H,10-11H2,1H3,(H,22,25). The molecule has 1 amide bonds. The monoisotopic (exact) mass is 379 g/mol. The SMILES string of the molecule is Cn1c(=O)n(CC(=O)NCc2ccccc2OC(F)(F)F)c2ccccc21. The third-order valence-corrected chi connectivity index (χ3v) is 4.03. The molecular formula is C18H16F3N3O3. The molecule has 0 atom stereocenters. The lowest BCUT2D eigenvalue weighted by atomic mass is 10.2. The Balaban J connectivity index is 1.74. The molecule has 0 saturated heterocycles. The number of aryl methyl sites for hydroxylation is 1. The molecule has 27 heavy (non-hydrogen) atoms. The molecule has 3 rings (SSSR count). The fourth-order valence-electron chi connectivity index (χ4n) is 2.78. The molecule has 0 unspecified atom stereocenters.